The highest BCUT2D eigenvalue weighted by Gasteiger charge is 2.09. The first-order chi connectivity index (χ1) is 6.68. The number of hydrogen-bond acceptors (Lipinski definition) is 5. The van der Waals surface area contributed by atoms with Crippen LogP contribution in [-0.4, -0.2) is 35.2 Å². The van der Waals surface area contributed by atoms with E-state index in [-0.39, 0.29) is 0 Å². The van der Waals surface area contributed by atoms with E-state index in [1.807, 2.05) is 0 Å². The highest BCUT2D eigenvalue weighted by molar-refractivity contribution is 5.72. The molecule has 0 spiro atoms. The number of nitrogens with two attached hydrogens (primary N) is 1. The summed E-state index contributed by atoms with van der Waals surface area (Å²) in [6.07, 6.45) is 3.26. The van der Waals surface area contributed by atoms with Crippen LogP contribution in [0.5, 0.6) is 0 Å². The maximum absolute atomic E-state index is 10.3. The molecule has 0 aliphatic carbocycles. The quantitative estimate of drug-likeness (QED) is 0.151. The molecule has 0 rings (SSSR count). The third-order valence-corrected chi connectivity index (χ3v) is 1.59. The Kier molecular flexibility index (Phi) is 7.71. The van der Waals surface area contributed by atoms with Crippen LogP contribution in [0.4, 0.5) is 0 Å². The van der Waals surface area contributed by atoms with Crippen LogP contribution in [0.1, 0.15) is 19.3 Å². The third kappa shape index (κ3) is 7.47. The molecule has 0 aliphatic rings. The molecule has 0 fully saturated rings. The van der Waals surface area contributed by atoms with Crippen molar-refractivity contribution in [1.82, 2.24) is 11.0 Å². The molecular weight excluding hydrogens is 188 g/mol. The van der Waals surface area contributed by atoms with E-state index in [0.29, 0.717) is 13.0 Å². The van der Waals surface area contributed by atoms with Crippen LogP contribution in [-0.2, 0) is 4.79 Å². The topological polar surface area (TPSA) is 120 Å². The van der Waals surface area contributed by atoms with E-state index in [2.05, 4.69) is 10.4 Å². The predicted octanol–water partition coefficient (Wildman–Crippen LogP) is -0.920. The molecule has 1 atom stereocenters. The van der Waals surface area contributed by atoms with Gasteiger partial charge in [0.05, 0.1) is 6.34 Å². The number of carboxylic acids is 1. The van der Waals surface area contributed by atoms with Gasteiger partial charge in [-0.3, -0.25) is 20.4 Å². The van der Waals surface area contributed by atoms with Crippen LogP contribution in [0.15, 0.2) is 4.99 Å². The van der Waals surface area contributed by atoms with Crippen LogP contribution in [0.3, 0.4) is 0 Å². The van der Waals surface area contributed by atoms with E-state index in [1.54, 1.807) is 5.59 Å². The van der Waals surface area contributed by atoms with Gasteiger partial charge in [-0.2, -0.15) is 0 Å². The van der Waals surface area contributed by atoms with Gasteiger partial charge in [0.2, 0.25) is 0 Å². The minimum atomic E-state index is -0.973. The average molecular weight is 204 g/mol. The number of carboxylic acid groups (broad SMARTS) is 1. The molecule has 0 aromatic rings. The number of hydrazine groups is 1. The zero-order valence-electron chi connectivity index (χ0n) is 7.81. The summed E-state index contributed by atoms with van der Waals surface area (Å²) >= 11 is 0. The van der Waals surface area contributed by atoms with E-state index in [9.17, 15) is 4.79 Å². The van der Waals surface area contributed by atoms with Gasteiger partial charge in [0.25, 0.3) is 0 Å². The van der Waals surface area contributed by atoms with Gasteiger partial charge in [-0.1, -0.05) is 0 Å². The number of nitrogens with one attached hydrogen (secondary N) is 2. The molecule has 0 radical (unpaired) electrons. The Morgan fingerprint density at radius 1 is 1.57 bits per heavy atom. The highest BCUT2D eigenvalue weighted by atomic mass is 16.5. The Morgan fingerprint density at radius 2 is 2.29 bits per heavy atom. The number of rotatable bonds is 8. The van der Waals surface area contributed by atoms with E-state index in [1.165, 1.54) is 6.34 Å². The summed E-state index contributed by atoms with van der Waals surface area (Å²) < 4.78 is 0. The second-order valence-electron chi connectivity index (χ2n) is 2.73. The number of aliphatic carboxylic acids is 1. The van der Waals surface area contributed by atoms with Crippen molar-refractivity contribution in [2.45, 2.75) is 25.3 Å². The molecule has 14 heavy (non-hydrogen) atoms. The normalized spacial score (nSPS) is 13.0. The van der Waals surface area contributed by atoms with E-state index in [0.717, 1.165) is 12.8 Å². The minimum Gasteiger partial charge on any atom is -0.480 e. The standard InChI is InChI=1S/C7H16N4O3/c8-6(7(12)13)3-1-2-4-9-5-10-11-14/h5-6,11,14H,1-4,8H2,(H,9,10)(H,12,13)/t6-/m0/s1. The van der Waals surface area contributed by atoms with Crippen molar-refractivity contribution in [1.29, 1.82) is 0 Å². The van der Waals surface area contributed by atoms with Crippen molar-refractivity contribution in [2.75, 3.05) is 6.54 Å². The molecule has 0 bridgehead atoms. The van der Waals surface area contributed by atoms with Gasteiger partial charge in [0.15, 0.2) is 0 Å². The van der Waals surface area contributed by atoms with Crippen molar-refractivity contribution < 1.29 is 15.1 Å². The maximum Gasteiger partial charge on any atom is 0.320 e. The Labute approximate surface area is 81.9 Å². The predicted molar refractivity (Wildman–Crippen MR) is 50.9 cm³/mol. The van der Waals surface area contributed by atoms with E-state index < -0.39 is 12.0 Å². The largest absolute Gasteiger partial charge is 0.480 e. The van der Waals surface area contributed by atoms with Crippen LogP contribution in [0.2, 0.25) is 0 Å². The zero-order valence-corrected chi connectivity index (χ0v) is 7.81. The van der Waals surface area contributed by atoms with Gasteiger partial charge in [0.1, 0.15) is 6.04 Å². The maximum atomic E-state index is 10.3. The van der Waals surface area contributed by atoms with Gasteiger partial charge < -0.3 is 10.8 Å². The Bertz CT molecular complexity index is 186. The van der Waals surface area contributed by atoms with Crippen molar-refractivity contribution in [3.63, 3.8) is 0 Å². The van der Waals surface area contributed by atoms with Crippen molar-refractivity contribution in [2.24, 2.45) is 10.7 Å². The molecule has 7 heteroatoms. The molecule has 7 nitrogen and oxygen atoms in total. The summed E-state index contributed by atoms with van der Waals surface area (Å²) in [6, 6.07) is -0.781. The van der Waals surface area contributed by atoms with Crippen LogP contribution in [0, 0.1) is 0 Å². The fourth-order valence-electron chi connectivity index (χ4n) is 0.830. The first-order valence-electron chi connectivity index (χ1n) is 4.29. The summed E-state index contributed by atoms with van der Waals surface area (Å²) in [5.74, 6) is -0.973. The summed E-state index contributed by atoms with van der Waals surface area (Å²) in [7, 11) is 0. The average Bonchev–Trinajstić information content (AvgIpc) is 2.16. The molecule has 0 aromatic carbocycles. The summed E-state index contributed by atoms with van der Waals surface area (Å²) in [6.45, 7) is 0.570. The third-order valence-electron chi connectivity index (χ3n) is 1.59. The number of aliphatic imine (C=N–C) groups is 1. The molecule has 0 unspecified atom stereocenters. The van der Waals surface area contributed by atoms with Crippen molar-refractivity contribution in [3.05, 3.63) is 0 Å². The second-order valence-corrected chi connectivity index (χ2v) is 2.73. The summed E-state index contributed by atoms with van der Waals surface area (Å²) in [5.41, 5.74) is 9.24. The van der Waals surface area contributed by atoms with Gasteiger partial charge in [-0.05, 0) is 19.3 Å². The summed E-state index contributed by atoms with van der Waals surface area (Å²) in [5, 5.41) is 16.5. The second kappa shape index (κ2) is 8.42. The highest BCUT2D eigenvalue weighted by Crippen LogP contribution is 1.98. The number of hydrogen-bond donors (Lipinski definition) is 5. The van der Waals surface area contributed by atoms with Crippen molar-refractivity contribution >= 4 is 12.3 Å². The first kappa shape index (κ1) is 12.8. The van der Waals surface area contributed by atoms with Crippen LogP contribution >= 0.6 is 0 Å². The van der Waals surface area contributed by atoms with Gasteiger partial charge in [-0.25, -0.2) is 0 Å². The summed E-state index contributed by atoms with van der Waals surface area (Å²) in [4.78, 5) is 14.2. The van der Waals surface area contributed by atoms with E-state index in [4.69, 9.17) is 16.0 Å². The van der Waals surface area contributed by atoms with E-state index >= 15 is 0 Å². The first-order valence-corrected chi connectivity index (χ1v) is 4.29. The minimum absolute atomic E-state index is 0.455. The smallest absolute Gasteiger partial charge is 0.320 e. The lowest BCUT2D eigenvalue weighted by Crippen LogP contribution is -2.29. The van der Waals surface area contributed by atoms with Gasteiger partial charge in [-0.15, -0.1) is 5.59 Å². The Hall–Kier alpha value is -1.18. The van der Waals surface area contributed by atoms with Gasteiger partial charge in [0, 0.05) is 6.54 Å². The number of unbranched alkanes of at least 4 members (excludes halogenated alkanes) is 1. The molecule has 0 amide bonds. The molecule has 0 saturated heterocycles. The molecule has 6 N–H and O–H groups in total. The number of carbonyl (C=O) groups is 1. The van der Waals surface area contributed by atoms with Crippen LogP contribution < -0.4 is 16.7 Å². The van der Waals surface area contributed by atoms with Crippen LogP contribution in [0.25, 0.3) is 0 Å². The zero-order chi connectivity index (χ0) is 10.8. The fourth-order valence-corrected chi connectivity index (χ4v) is 0.830. The number of nitrogens with zero attached hydrogens (tertiary/aromatic N) is 1. The molecule has 82 valence electrons. The molecule has 0 aliphatic heterocycles. The van der Waals surface area contributed by atoms with Gasteiger partial charge >= 0.3 is 5.97 Å². The molecular formula is C7H16N4O3. The molecule has 0 saturated carbocycles. The molecule has 0 heterocycles. The Balaban J connectivity index is 3.25. The lowest BCUT2D eigenvalue weighted by molar-refractivity contribution is -0.138. The lowest BCUT2D eigenvalue weighted by Gasteiger charge is -2.03. The fraction of sp³-hybridized carbons (Fsp3) is 0.714. The molecule has 0 aromatic heterocycles. The van der Waals surface area contributed by atoms with Crippen molar-refractivity contribution in [3.8, 4) is 0 Å². The Morgan fingerprint density at radius 3 is 2.86 bits per heavy atom. The monoisotopic (exact) mass is 204 g/mol. The SMILES string of the molecule is N[C@@H](CCCCN=CNNO)C(=O)O. The lowest BCUT2D eigenvalue weighted by atomic mass is 10.1.